The quantitative estimate of drug-likeness (QED) is 0.772. The van der Waals surface area contributed by atoms with Gasteiger partial charge in [0.15, 0.2) is 0 Å². The molecule has 0 radical (unpaired) electrons. The maximum atomic E-state index is 9.74. The van der Waals surface area contributed by atoms with Gasteiger partial charge in [-0.15, -0.1) is 0 Å². The first-order valence-electron chi connectivity index (χ1n) is 7.07. The molecule has 0 spiro atoms. The van der Waals surface area contributed by atoms with Crippen molar-refractivity contribution >= 4 is 0 Å². The largest absolute Gasteiger partial charge is 0.508 e. The minimum absolute atomic E-state index is 0.100. The number of phenolic OH excluding ortho intramolecular Hbond substituents is 1. The Labute approximate surface area is 115 Å². The summed E-state index contributed by atoms with van der Waals surface area (Å²) < 4.78 is 6.28. The average Bonchev–Trinajstić information content (AvgIpc) is 2.62. The lowest BCUT2D eigenvalue weighted by atomic mass is 9.77. The van der Waals surface area contributed by atoms with E-state index in [1.165, 1.54) is 11.1 Å². The summed E-state index contributed by atoms with van der Waals surface area (Å²) in [6.45, 7) is 10.6. The van der Waals surface area contributed by atoms with Crippen LogP contribution in [0.4, 0.5) is 0 Å². The Morgan fingerprint density at radius 3 is 2.89 bits per heavy atom. The fraction of sp³-hybridized carbons (Fsp3) is 0.529. The highest BCUT2D eigenvalue weighted by Gasteiger charge is 2.50. The monoisotopic (exact) mass is 258 g/mol. The molecule has 1 saturated carbocycles. The first-order valence-corrected chi connectivity index (χ1v) is 7.07. The predicted molar refractivity (Wildman–Crippen MR) is 76.6 cm³/mol. The zero-order chi connectivity index (χ0) is 13.8. The molecule has 2 heteroatoms. The van der Waals surface area contributed by atoms with Crippen LogP contribution in [0.3, 0.4) is 0 Å². The highest BCUT2D eigenvalue weighted by Crippen LogP contribution is 2.52. The molecule has 0 saturated heterocycles. The maximum Gasteiger partial charge on any atom is 0.127 e. The summed E-state index contributed by atoms with van der Waals surface area (Å²) in [5.74, 6) is 2.25. The summed E-state index contributed by atoms with van der Waals surface area (Å²) >= 11 is 0. The van der Waals surface area contributed by atoms with E-state index in [0.717, 1.165) is 30.6 Å². The molecule has 19 heavy (non-hydrogen) atoms. The number of fused-ring (bicyclic) bond motifs is 2. The van der Waals surface area contributed by atoms with Crippen molar-refractivity contribution < 1.29 is 9.84 Å². The minimum Gasteiger partial charge on any atom is -0.508 e. The molecule has 1 fully saturated rings. The van der Waals surface area contributed by atoms with Gasteiger partial charge in [0.05, 0.1) is 0 Å². The van der Waals surface area contributed by atoms with Crippen LogP contribution in [0.25, 0.3) is 0 Å². The van der Waals surface area contributed by atoms with Crippen LogP contribution >= 0.6 is 0 Å². The number of rotatable bonds is 1. The number of hydrogen-bond acceptors (Lipinski definition) is 2. The topological polar surface area (TPSA) is 29.5 Å². The minimum atomic E-state index is -0.100. The van der Waals surface area contributed by atoms with Crippen LogP contribution in [-0.2, 0) is 6.42 Å². The van der Waals surface area contributed by atoms with E-state index < -0.39 is 0 Å². The molecule has 0 unspecified atom stereocenters. The van der Waals surface area contributed by atoms with Crippen molar-refractivity contribution in [3.63, 3.8) is 0 Å². The molecular formula is C17H22O2. The molecule has 1 N–H and O–H groups in total. The van der Waals surface area contributed by atoms with Crippen molar-refractivity contribution in [1.29, 1.82) is 0 Å². The zero-order valence-corrected chi connectivity index (χ0v) is 12.0. The Kier molecular flexibility index (Phi) is 2.67. The van der Waals surface area contributed by atoms with E-state index in [1.54, 1.807) is 6.07 Å². The third kappa shape index (κ3) is 1.85. The number of phenols is 1. The summed E-state index contributed by atoms with van der Waals surface area (Å²) in [4.78, 5) is 0. The van der Waals surface area contributed by atoms with Crippen molar-refractivity contribution in [2.24, 2.45) is 11.8 Å². The van der Waals surface area contributed by atoms with Crippen molar-refractivity contribution in [3.05, 3.63) is 35.4 Å². The lowest BCUT2D eigenvalue weighted by Crippen LogP contribution is -2.43. The molecule has 1 aliphatic carbocycles. The molecule has 0 aromatic heterocycles. The normalized spacial score (nSPS) is 32.4. The van der Waals surface area contributed by atoms with Gasteiger partial charge < -0.3 is 9.84 Å². The Morgan fingerprint density at radius 1 is 1.47 bits per heavy atom. The van der Waals surface area contributed by atoms with Crippen molar-refractivity contribution in [1.82, 2.24) is 0 Å². The summed E-state index contributed by atoms with van der Waals surface area (Å²) in [7, 11) is 0. The van der Waals surface area contributed by atoms with Crippen LogP contribution in [0.5, 0.6) is 11.5 Å². The Bertz CT molecular complexity index is 546. The Hall–Kier alpha value is -1.44. The second-order valence-corrected chi connectivity index (χ2v) is 6.46. The van der Waals surface area contributed by atoms with E-state index in [9.17, 15) is 5.11 Å². The molecule has 102 valence electrons. The Balaban J connectivity index is 2.04. The van der Waals surface area contributed by atoms with Crippen LogP contribution in [0.15, 0.2) is 24.3 Å². The lowest BCUT2D eigenvalue weighted by molar-refractivity contribution is 0.0237. The van der Waals surface area contributed by atoms with Gasteiger partial charge in [0, 0.05) is 12.0 Å². The molecule has 1 heterocycles. The second kappa shape index (κ2) is 4.03. The smallest absolute Gasteiger partial charge is 0.127 e. The van der Waals surface area contributed by atoms with E-state index in [-0.39, 0.29) is 5.60 Å². The maximum absolute atomic E-state index is 9.74. The van der Waals surface area contributed by atoms with Crippen molar-refractivity contribution in [2.75, 3.05) is 0 Å². The fourth-order valence-electron chi connectivity index (χ4n) is 3.92. The molecule has 3 atom stereocenters. The van der Waals surface area contributed by atoms with Gasteiger partial charge in [0.1, 0.15) is 17.1 Å². The van der Waals surface area contributed by atoms with Gasteiger partial charge in [-0.2, -0.15) is 0 Å². The van der Waals surface area contributed by atoms with Gasteiger partial charge in [0.25, 0.3) is 0 Å². The third-order valence-corrected chi connectivity index (χ3v) is 5.04. The number of benzene rings is 1. The molecule has 1 aromatic carbocycles. The average molecular weight is 258 g/mol. The van der Waals surface area contributed by atoms with Gasteiger partial charge in [0.2, 0.25) is 0 Å². The fourth-order valence-corrected chi connectivity index (χ4v) is 3.92. The molecule has 1 aliphatic heterocycles. The van der Waals surface area contributed by atoms with Crippen LogP contribution < -0.4 is 4.74 Å². The first-order chi connectivity index (χ1) is 8.90. The lowest BCUT2D eigenvalue weighted by Gasteiger charge is -2.40. The predicted octanol–water partition coefficient (Wildman–Crippen LogP) is 4.00. The van der Waals surface area contributed by atoms with Gasteiger partial charge in [-0.25, -0.2) is 0 Å². The summed E-state index contributed by atoms with van der Waals surface area (Å²) in [6, 6.07) is 3.59. The molecule has 0 amide bonds. The van der Waals surface area contributed by atoms with E-state index in [4.69, 9.17) is 4.74 Å². The van der Waals surface area contributed by atoms with E-state index in [0.29, 0.717) is 17.6 Å². The van der Waals surface area contributed by atoms with Crippen LogP contribution in [0.2, 0.25) is 0 Å². The first kappa shape index (κ1) is 12.6. The standard InChI is InChI=1S/C17H22O2/c1-10(2)13-5-6-17(4)15(13)9-14-11(3)7-12(18)8-16(14)19-17/h7-8,13,15,18H,1,5-6,9H2,2-4H3/t13-,15+,17-/m0/s1. The number of aryl methyl sites for hydroxylation is 1. The van der Waals surface area contributed by atoms with E-state index >= 15 is 0 Å². The van der Waals surface area contributed by atoms with Crippen molar-refractivity contribution in [3.8, 4) is 11.5 Å². The van der Waals surface area contributed by atoms with Gasteiger partial charge >= 0.3 is 0 Å². The number of ether oxygens (including phenoxy) is 1. The number of aromatic hydroxyl groups is 1. The SMILES string of the molecule is C=C(C)[C@@H]1CC[C@]2(C)Oc3cc(O)cc(C)c3C[C@H]12. The van der Waals surface area contributed by atoms with Crippen LogP contribution in [-0.4, -0.2) is 10.7 Å². The van der Waals surface area contributed by atoms with Crippen molar-refractivity contribution in [2.45, 2.75) is 45.6 Å². The van der Waals surface area contributed by atoms with Gasteiger partial charge in [-0.3, -0.25) is 0 Å². The highest BCUT2D eigenvalue weighted by molar-refractivity contribution is 5.48. The molecule has 2 aliphatic rings. The summed E-state index contributed by atoms with van der Waals surface area (Å²) in [6.07, 6.45) is 3.27. The zero-order valence-electron chi connectivity index (χ0n) is 12.0. The van der Waals surface area contributed by atoms with Gasteiger partial charge in [-0.1, -0.05) is 12.2 Å². The molecule has 1 aromatic rings. The van der Waals surface area contributed by atoms with Crippen LogP contribution in [0, 0.1) is 18.8 Å². The molecule has 3 rings (SSSR count). The Morgan fingerprint density at radius 2 is 2.21 bits per heavy atom. The highest BCUT2D eigenvalue weighted by atomic mass is 16.5. The number of hydrogen-bond donors (Lipinski definition) is 1. The third-order valence-electron chi connectivity index (χ3n) is 5.04. The molecule has 2 nitrogen and oxygen atoms in total. The molecular weight excluding hydrogens is 236 g/mol. The molecule has 0 bridgehead atoms. The van der Waals surface area contributed by atoms with Gasteiger partial charge in [-0.05, 0) is 63.1 Å². The van der Waals surface area contributed by atoms with Crippen LogP contribution in [0.1, 0.15) is 37.8 Å². The summed E-state index contributed by atoms with van der Waals surface area (Å²) in [5.41, 5.74) is 3.56. The second-order valence-electron chi connectivity index (χ2n) is 6.46. The van der Waals surface area contributed by atoms with E-state index in [2.05, 4.69) is 27.4 Å². The van der Waals surface area contributed by atoms with E-state index in [1.807, 2.05) is 6.07 Å². The number of allylic oxidation sites excluding steroid dienone is 1. The summed E-state index contributed by atoms with van der Waals surface area (Å²) in [5, 5.41) is 9.74.